The van der Waals surface area contributed by atoms with Crippen LogP contribution in [0.5, 0.6) is 0 Å². The topological polar surface area (TPSA) is 92.3 Å². The summed E-state index contributed by atoms with van der Waals surface area (Å²) in [5.41, 5.74) is -0.723. The maximum absolute atomic E-state index is 13.1. The predicted octanol–water partition coefficient (Wildman–Crippen LogP) is 1.17. The summed E-state index contributed by atoms with van der Waals surface area (Å²) < 4.78 is 0. The number of Topliss-reactive ketones (excluding diaryl/α,β-unsaturated/α-hetero) is 2. The van der Waals surface area contributed by atoms with Crippen LogP contribution < -0.4 is 10.6 Å². The molecule has 134 valence electrons. The molecule has 0 bridgehead atoms. The van der Waals surface area contributed by atoms with Crippen molar-refractivity contribution in [3.05, 3.63) is 45.9 Å². The Hall–Kier alpha value is -2.06. The molecule has 4 rings (SSSR count). The Kier molecular flexibility index (Phi) is 4.19. The van der Waals surface area contributed by atoms with Gasteiger partial charge in [0.2, 0.25) is 11.7 Å². The quantitative estimate of drug-likeness (QED) is 0.808. The van der Waals surface area contributed by atoms with E-state index in [9.17, 15) is 19.2 Å². The molecule has 3 aliphatic rings. The number of hydrogen-bond acceptors (Lipinski definition) is 6. The largest absolute Gasteiger partial charge is 0.342 e. The molecule has 26 heavy (non-hydrogen) atoms. The molecule has 2 aliphatic heterocycles. The van der Waals surface area contributed by atoms with E-state index in [0.717, 1.165) is 17.5 Å². The first-order valence-electron chi connectivity index (χ1n) is 8.17. The lowest BCUT2D eigenvalue weighted by Crippen LogP contribution is -2.71. The lowest BCUT2D eigenvalue weighted by atomic mass is 9.78. The summed E-state index contributed by atoms with van der Waals surface area (Å²) in [5.74, 6) is -0.468. The molecule has 1 aromatic carbocycles. The number of amides is 2. The van der Waals surface area contributed by atoms with E-state index in [1.54, 1.807) is 36.0 Å². The fraction of sp³-hybridized carbons (Fsp3) is 0.333. The second-order valence-electron chi connectivity index (χ2n) is 6.40. The third-order valence-electron chi connectivity index (χ3n) is 4.89. The first-order valence-corrected chi connectivity index (χ1v) is 10.6. The number of piperazine rings is 1. The molecule has 0 radical (unpaired) electrons. The van der Waals surface area contributed by atoms with Crippen LogP contribution in [0.25, 0.3) is 0 Å². The zero-order valence-corrected chi connectivity index (χ0v) is 15.6. The number of thioether (sulfide) groups is 2. The smallest absolute Gasteiger partial charge is 0.252 e. The molecule has 1 spiro atoms. The summed E-state index contributed by atoms with van der Waals surface area (Å²) in [6.07, 6.45) is 2.45. The second-order valence-corrected chi connectivity index (χ2v) is 8.37. The Bertz CT molecular complexity index is 895. The molecule has 0 aromatic heterocycles. The van der Waals surface area contributed by atoms with Gasteiger partial charge in [0.1, 0.15) is 6.04 Å². The molecule has 2 atom stereocenters. The molecule has 2 N–H and O–H groups in total. The van der Waals surface area contributed by atoms with Gasteiger partial charge in [-0.15, -0.1) is 11.8 Å². The van der Waals surface area contributed by atoms with Crippen molar-refractivity contribution >= 4 is 46.9 Å². The highest BCUT2D eigenvalue weighted by Crippen LogP contribution is 2.46. The molecule has 2 heterocycles. The average Bonchev–Trinajstić information content (AvgIpc) is 3.02. The van der Waals surface area contributed by atoms with Gasteiger partial charge in [-0.1, -0.05) is 24.3 Å². The van der Waals surface area contributed by atoms with Gasteiger partial charge < -0.3 is 10.6 Å². The first kappa shape index (κ1) is 17.4. The maximum atomic E-state index is 13.1. The SMILES string of the molecule is CSCC[C@@H]1NC(=O)[C@@]2(CSC3=C2C(=O)c2ccccc2C3=O)NC1=O. The van der Waals surface area contributed by atoms with Crippen LogP contribution in [-0.2, 0) is 9.59 Å². The second kappa shape index (κ2) is 6.28. The van der Waals surface area contributed by atoms with Gasteiger partial charge in [-0.05, 0) is 18.4 Å². The highest BCUT2D eigenvalue weighted by molar-refractivity contribution is 8.04. The van der Waals surface area contributed by atoms with Crippen molar-refractivity contribution in [2.75, 3.05) is 17.8 Å². The Morgan fingerprint density at radius 3 is 2.54 bits per heavy atom. The van der Waals surface area contributed by atoms with Gasteiger partial charge in [-0.2, -0.15) is 11.8 Å². The molecule has 1 fully saturated rings. The van der Waals surface area contributed by atoms with Crippen molar-refractivity contribution in [1.29, 1.82) is 0 Å². The molecule has 0 unspecified atom stereocenters. The Morgan fingerprint density at radius 1 is 1.15 bits per heavy atom. The van der Waals surface area contributed by atoms with Crippen molar-refractivity contribution in [2.45, 2.75) is 18.0 Å². The van der Waals surface area contributed by atoms with Gasteiger partial charge in [0.05, 0.1) is 10.5 Å². The molecular weight excluding hydrogens is 372 g/mol. The lowest BCUT2D eigenvalue weighted by Gasteiger charge is -2.38. The maximum Gasteiger partial charge on any atom is 0.252 e. The number of allylic oxidation sites excluding steroid dienone is 1. The van der Waals surface area contributed by atoms with E-state index >= 15 is 0 Å². The molecule has 2 amide bonds. The van der Waals surface area contributed by atoms with E-state index in [1.807, 2.05) is 6.26 Å². The zero-order chi connectivity index (χ0) is 18.5. The third kappa shape index (κ3) is 2.35. The third-order valence-corrected chi connectivity index (χ3v) is 6.79. The average molecular weight is 388 g/mol. The van der Waals surface area contributed by atoms with E-state index in [1.165, 1.54) is 0 Å². The fourth-order valence-corrected chi connectivity index (χ4v) is 5.38. The van der Waals surface area contributed by atoms with Crippen LogP contribution >= 0.6 is 23.5 Å². The highest BCUT2D eigenvalue weighted by Gasteiger charge is 2.57. The van der Waals surface area contributed by atoms with Crippen molar-refractivity contribution in [3.63, 3.8) is 0 Å². The normalized spacial score (nSPS) is 27.3. The lowest BCUT2D eigenvalue weighted by molar-refractivity contribution is -0.139. The number of hydrogen-bond donors (Lipinski definition) is 2. The van der Waals surface area contributed by atoms with Crippen molar-refractivity contribution in [3.8, 4) is 0 Å². The van der Waals surface area contributed by atoms with Gasteiger partial charge in [0, 0.05) is 16.9 Å². The minimum Gasteiger partial charge on any atom is -0.342 e. The van der Waals surface area contributed by atoms with Crippen LogP contribution in [0.2, 0.25) is 0 Å². The summed E-state index contributed by atoms with van der Waals surface area (Å²) in [6, 6.07) is 5.97. The van der Waals surface area contributed by atoms with E-state index in [0.29, 0.717) is 12.0 Å². The number of nitrogens with one attached hydrogen (secondary N) is 2. The van der Waals surface area contributed by atoms with E-state index in [4.69, 9.17) is 0 Å². The van der Waals surface area contributed by atoms with Gasteiger partial charge in [-0.3, -0.25) is 19.2 Å². The summed E-state index contributed by atoms with van der Waals surface area (Å²) in [7, 11) is 0. The van der Waals surface area contributed by atoms with E-state index < -0.39 is 17.5 Å². The zero-order valence-electron chi connectivity index (χ0n) is 14.0. The first-order chi connectivity index (χ1) is 12.5. The number of rotatable bonds is 3. The van der Waals surface area contributed by atoms with Gasteiger partial charge in [0.25, 0.3) is 5.91 Å². The molecule has 1 aliphatic carbocycles. The molecule has 0 saturated carbocycles. The summed E-state index contributed by atoms with van der Waals surface area (Å²) in [5, 5.41) is 5.52. The standard InChI is InChI=1S/C18H16N2O4S2/c1-25-7-6-11-16(23)20-18(17(24)19-11)8-26-15-12(18)13(21)9-4-2-3-5-10(9)14(15)22/h2-5,11H,6-8H2,1H3,(H,19,24)(H,20,23)/t11-,18-/m0/s1. The van der Waals surface area contributed by atoms with Crippen molar-refractivity contribution < 1.29 is 19.2 Å². The summed E-state index contributed by atoms with van der Waals surface area (Å²) in [4.78, 5) is 51.6. The van der Waals surface area contributed by atoms with E-state index in [2.05, 4.69) is 10.6 Å². The molecule has 1 aromatic rings. The number of carbonyl (C=O) groups is 4. The molecule has 8 heteroatoms. The number of ketones is 2. The van der Waals surface area contributed by atoms with Gasteiger partial charge >= 0.3 is 0 Å². The van der Waals surface area contributed by atoms with Crippen LogP contribution in [0, 0.1) is 0 Å². The van der Waals surface area contributed by atoms with Crippen molar-refractivity contribution in [1.82, 2.24) is 10.6 Å². The van der Waals surface area contributed by atoms with Gasteiger partial charge in [-0.25, -0.2) is 0 Å². The minimum absolute atomic E-state index is 0.111. The number of benzene rings is 1. The number of carbonyl (C=O) groups excluding carboxylic acids is 4. The van der Waals surface area contributed by atoms with Crippen LogP contribution in [0.3, 0.4) is 0 Å². The van der Waals surface area contributed by atoms with E-state index in [-0.39, 0.29) is 39.3 Å². The van der Waals surface area contributed by atoms with Gasteiger partial charge in [0.15, 0.2) is 11.3 Å². The van der Waals surface area contributed by atoms with Crippen molar-refractivity contribution in [2.24, 2.45) is 0 Å². The summed E-state index contributed by atoms with van der Waals surface area (Å²) in [6.45, 7) is 0. The Balaban J connectivity index is 1.74. The summed E-state index contributed by atoms with van der Waals surface area (Å²) >= 11 is 2.75. The molecule has 1 saturated heterocycles. The Labute approximate surface area is 158 Å². The monoisotopic (exact) mass is 388 g/mol. The van der Waals surface area contributed by atoms with Crippen LogP contribution in [0.15, 0.2) is 34.7 Å². The number of fused-ring (bicyclic) bond motifs is 2. The Morgan fingerprint density at radius 2 is 1.85 bits per heavy atom. The highest BCUT2D eigenvalue weighted by atomic mass is 32.2. The van der Waals surface area contributed by atoms with Crippen LogP contribution in [0.4, 0.5) is 0 Å². The van der Waals surface area contributed by atoms with Crippen LogP contribution in [-0.4, -0.2) is 52.7 Å². The predicted molar refractivity (Wildman–Crippen MR) is 100 cm³/mol. The minimum atomic E-state index is -1.47. The molecule has 6 nitrogen and oxygen atoms in total. The van der Waals surface area contributed by atoms with Crippen LogP contribution in [0.1, 0.15) is 27.1 Å². The fourth-order valence-electron chi connectivity index (χ4n) is 3.55. The molecular formula is C18H16N2O4S2.